The number of likely N-dealkylation sites (tertiary alicyclic amines) is 1. The average Bonchev–Trinajstić information content (AvgIpc) is 2.91. The number of nitrogens with zero attached hydrogens (tertiary/aromatic N) is 4. The Balaban J connectivity index is 1.67. The van der Waals surface area contributed by atoms with Gasteiger partial charge in [-0.05, 0) is 19.8 Å². The molecule has 3 N–H and O–H groups in total. The molecule has 2 amide bonds. The number of carbonyl (C=O) groups is 2. The molecule has 0 aliphatic carbocycles. The molecule has 3 heterocycles. The number of carbonyl (C=O) groups excluding carboxylic acids is 1. The zero-order valence-electron chi connectivity index (χ0n) is 12.5. The lowest BCUT2D eigenvalue weighted by atomic mass is 9.89. The van der Waals surface area contributed by atoms with Gasteiger partial charge in [-0.2, -0.15) is 0 Å². The number of carboxylic acid groups (broad SMARTS) is 1. The highest BCUT2D eigenvalue weighted by Crippen LogP contribution is 2.22. The van der Waals surface area contributed by atoms with Crippen molar-refractivity contribution >= 4 is 12.0 Å². The summed E-state index contributed by atoms with van der Waals surface area (Å²) in [6.07, 6.45) is 0.272. The Bertz CT molecular complexity index is 591. The summed E-state index contributed by atoms with van der Waals surface area (Å²) in [5.41, 5.74) is -0.414. The van der Waals surface area contributed by atoms with Crippen molar-refractivity contribution in [1.82, 2.24) is 30.3 Å². The normalized spacial score (nSPS) is 20.3. The van der Waals surface area contributed by atoms with Gasteiger partial charge < -0.3 is 25.2 Å². The second-order valence-corrected chi connectivity index (χ2v) is 6.05. The van der Waals surface area contributed by atoms with E-state index in [0.717, 1.165) is 12.4 Å². The summed E-state index contributed by atoms with van der Waals surface area (Å²) < 4.78 is 1.83. The SMILES string of the molecule is CC1(NC(=O)c2nnc3n2CCNC3)CCN(C(=O)O)CC1. The van der Waals surface area contributed by atoms with Gasteiger partial charge in [0.2, 0.25) is 5.82 Å². The molecule has 3 rings (SSSR count). The van der Waals surface area contributed by atoms with Crippen molar-refractivity contribution in [3.05, 3.63) is 11.6 Å². The second-order valence-electron chi connectivity index (χ2n) is 6.05. The molecule has 0 bridgehead atoms. The first-order chi connectivity index (χ1) is 10.5. The molecule has 2 aliphatic rings. The zero-order valence-corrected chi connectivity index (χ0v) is 12.5. The lowest BCUT2D eigenvalue weighted by Gasteiger charge is -2.38. The van der Waals surface area contributed by atoms with Crippen LogP contribution in [0.2, 0.25) is 0 Å². The van der Waals surface area contributed by atoms with E-state index in [-0.39, 0.29) is 5.91 Å². The number of hydrogen-bond donors (Lipinski definition) is 3. The van der Waals surface area contributed by atoms with Gasteiger partial charge in [-0.1, -0.05) is 0 Å². The van der Waals surface area contributed by atoms with Crippen LogP contribution in [-0.4, -0.2) is 61.9 Å². The summed E-state index contributed by atoms with van der Waals surface area (Å²) in [4.78, 5) is 24.8. The summed E-state index contributed by atoms with van der Waals surface area (Å²) in [7, 11) is 0. The molecule has 0 atom stereocenters. The third-order valence-electron chi connectivity index (χ3n) is 4.38. The molecular formula is C13H20N6O3. The average molecular weight is 308 g/mol. The van der Waals surface area contributed by atoms with Gasteiger partial charge in [0.05, 0.1) is 6.54 Å². The van der Waals surface area contributed by atoms with E-state index >= 15 is 0 Å². The summed E-state index contributed by atoms with van der Waals surface area (Å²) in [6.45, 7) is 4.87. The van der Waals surface area contributed by atoms with Crippen molar-refractivity contribution in [2.45, 2.75) is 38.4 Å². The lowest BCUT2D eigenvalue weighted by Crippen LogP contribution is -2.54. The monoisotopic (exact) mass is 308 g/mol. The van der Waals surface area contributed by atoms with Crippen LogP contribution in [0.25, 0.3) is 0 Å². The van der Waals surface area contributed by atoms with Crippen molar-refractivity contribution in [3.63, 3.8) is 0 Å². The predicted molar refractivity (Wildman–Crippen MR) is 76.4 cm³/mol. The number of piperidine rings is 1. The number of amides is 2. The number of rotatable bonds is 2. The van der Waals surface area contributed by atoms with Crippen LogP contribution in [-0.2, 0) is 13.1 Å². The van der Waals surface area contributed by atoms with E-state index in [1.807, 2.05) is 11.5 Å². The highest BCUT2D eigenvalue weighted by atomic mass is 16.4. The van der Waals surface area contributed by atoms with Gasteiger partial charge >= 0.3 is 6.09 Å². The van der Waals surface area contributed by atoms with Gasteiger partial charge in [0.1, 0.15) is 5.82 Å². The highest BCUT2D eigenvalue weighted by Gasteiger charge is 2.34. The molecule has 22 heavy (non-hydrogen) atoms. The van der Waals surface area contributed by atoms with E-state index in [1.54, 1.807) is 0 Å². The van der Waals surface area contributed by atoms with Crippen LogP contribution < -0.4 is 10.6 Å². The minimum absolute atomic E-state index is 0.244. The van der Waals surface area contributed by atoms with Gasteiger partial charge in [-0.25, -0.2) is 4.79 Å². The fraction of sp³-hybridized carbons (Fsp3) is 0.692. The molecule has 9 nitrogen and oxygen atoms in total. The molecule has 0 radical (unpaired) electrons. The number of nitrogens with one attached hydrogen (secondary N) is 2. The number of fused-ring (bicyclic) bond motifs is 1. The maximum absolute atomic E-state index is 12.5. The topological polar surface area (TPSA) is 112 Å². The van der Waals surface area contributed by atoms with Gasteiger partial charge in [0.25, 0.3) is 5.91 Å². The van der Waals surface area contributed by atoms with E-state index in [2.05, 4.69) is 20.8 Å². The van der Waals surface area contributed by atoms with Crippen molar-refractivity contribution in [1.29, 1.82) is 0 Å². The molecule has 1 saturated heterocycles. The van der Waals surface area contributed by atoms with Crippen molar-refractivity contribution in [2.24, 2.45) is 0 Å². The van der Waals surface area contributed by atoms with E-state index in [9.17, 15) is 9.59 Å². The van der Waals surface area contributed by atoms with E-state index in [0.29, 0.717) is 44.8 Å². The molecule has 0 spiro atoms. The van der Waals surface area contributed by atoms with Crippen LogP contribution in [0.1, 0.15) is 36.2 Å². The molecule has 1 fully saturated rings. The van der Waals surface area contributed by atoms with E-state index in [1.165, 1.54) is 4.90 Å². The van der Waals surface area contributed by atoms with Crippen LogP contribution in [0.3, 0.4) is 0 Å². The van der Waals surface area contributed by atoms with Crippen LogP contribution in [0, 0.1) is 0 Å². The third kappa shape index (κ3) is 2.76. The van der Waals surface area contributed by atoms with Crippen LogP contribution in [0.15, 0.2) is 0 Å². The summed E-state index contributed by atoms with van der Waals surface area (Å²) >= 11 is 0. The smallest absolute Gasteiger partial charge is 0.407 e. The quantitative estimate of drug-likeness (QED) is 0.688. The Hall–Kier alpha value is -2.16. The predicted octanol–water partition coefficient (Wildman–Crippen LogP) is -0.356. The van der Waals surface area contributed by atoms with Gasteiger partial charge in [-0.15, -0.1) is 10.2 Å². The third-order valence-corrected chi connectivity index (χ3v) is 4.38. The summed E-state index contributed by atoms with van der Waals surface area (Å²) in [5, 5.41) is 23.2. The Labute approximate surface area is 127 Å². The Morgan fingerprint density at radius 2 is 2.00 bits per heavy atom. The van der Waals surface area contributed by atoms with Gasteiger partial charge in [-0.3, -0.25) is 4.79 Å². The molecular weight excluding hydrogens is 288 g/mol. The first-order valence-electron chi connectivity index (χ1n) is 7.42. The standard InChI is InChI=1S/C13H20N6O3/c1-13(2-5-18(6-3-13)12(21)22)15-11(20)10-17-16-9-8-14-4-7-19(9)10/h14H,2-8H2,1H3,(H,15,20)(H,21,22). The first-order valence-corrected chi connectivity index (χ1v) is 7.42. The minimum Gasteiger partial charge on any atom is -0.465 e. The van der Waals surface area contributed by atoms with Gasteiger partial charge in [0, 0.05) is 31.7 Å². The van der Waals surface area contributed by atoms with E-state index in [4.69, 9.17) is 5.11 Å². The Kier molecular flexibility index (Phi) is 3.73. The lowest BCUT2D eigenvalue weighted by molar-refractivity contribution is 0.0809. The fourth-order valence-corrected chi connectivity index (χ4v) is 2.91. The largest absolute Gasteiger partial charge is 0.465 e. The number of aromatic nitrogens is 3. The van der Waals surface area contributed by atoms with Crippen molar-refractivity contribution < 1.29 is 14.7 Å². The zero-order chi connectivity index (χ0) is 15.7. The van der Waals surface area contributed by atoms with Crippen LogP contribution in [0.5, 0.6) is 0 Å². The van der Waals surface area contributed by atoms with Crippen molar-refractivity contribution in [2.75, 3.05) is 19.6 Å². The minimum atomic E-state index is -0.910. The molecule has 1 aromatic heterocycles. The summed E-state index contributed by atoms with van der Waals surface area (Å²) in [5.74, 6) is 0.854. The Morgan fingerprint density at radius 3 is 2.68 bits per heavy atom. The maximum Gasteiger partial charge on any atom is 0.407 e. The van der Waals surface area contributed by atoms with Crippen molar-refractivity contribution in [3.8, 4) is 0 Å². The first kappa shape index (κ1) is 14.8. The molecule has 9 heteroatoms. The molecule has 2 aliphatic heterocycles. The Morgan fingerprint density at radius 1 is 1.27 bits per heavy atom. The van der Waals surface area contributed by atoms with Gasteiger partial charge in [0.15, 0.2) is 0 Å². The second kappa shape index (κ2) is 5.56. The molecule has 0 saturated carbocycles. The molecule has 120 valence electrons. The van der Waals surface area contributed by atoms with Crippen LogP contribution in [0.4, 0.5) is 4.79 Å². The molecule has 0 aromatic carbocycles. The molecule has 0 unspecified atom stereocenters. The van der Waals surface area contributed by atoms with E-state index < -0.39 is 11.6 Å². The highest BCUT2D eigenvalue weighted by molar-refractivity contribution is 5.91. The number of hydrogen-bond acceptors (Lipinski definition) is 5. The fourth-order valence-electron chi connectivity index (χ4n) is 2.91. The molecule has 1 aromatic rings. The summed E-state index contributed by atoms with van der Waals surface area (Å²) in [6, 6.07) is 0. The van der Waals surface area contributed by atoms with Crippen LogP contribution >= 0.6 is 0 Å². The maximum atomic E-state index is 12.5.